The van der Waals surface area contributed by atoms with E-state index < -0.39 is 0 Å². The Bertz CT molecular complexity index is 273. The lowest BCUT2D eigenvalue weighted by Crippen LogP contribution is -2.52. The molecule has 0 atom stereocenters. The molecule has 0 aliphatic carbocycles. The second-order valence-electron chi connectivity index (χ2n) is 4.07. The summed E-state index contributed by atoms with van der Waals surface area (Å²) >= 11 is 0. The summed E-state index contributed by atoms with van der Waals surface area (Å²) in [7, 11) is 1.96. The van der Waals surface area contributed by atoms with E-state index in [4.69, 9.17) is 0 Å². The Labute approximate surface area is 72.8 Å². The fourth-order valence-electron chi connectivity index (χ4n) is 1.67. The van der Waals surface area contributed by atoms with Crippen molar-refractivity contribution < 1.29 is 0 Å². The molecule has 1 N–H and O–H groups in total. The molecule has 1 fully saturated rings. The maximum absolute atomic E-state index is 4.37. The SMILES string of the molecule is Cn1ccc(CC2(C)CNC2)n1. The molecule has 66 valence electrons. The fraction of sp³-hybridized carbons (Fsp3) is 0.667. The van der Waals surface area contributed by atoms with Gasteiger partial charge in [0.2, 0.25) is 0 Å². The third-order valence-corrected chi connectivity index (χ3v) is 2.48. The van der Waals surface area contributed by atoms with Gasteiger partial charge in [-0.1, -0.05) is 6.92 Å². The number of aryl methyl sites for hydroxylation is 1. The van der Waals surface area contributed by atoms with Gasteiger partial charge in [0.05, 0.1) is 5.69 Å². The van der Waals surface area contributed by atoms with Crippen molar-refractivity contribution in [2.75, 3.05) is 13.1 Å². The van der Waals surface area contributed by atoms with E-state index in [2.05, 4.69) is 23.4 Å². The fourth-order valence-corrected chi connectivity index (χ4v) is 1.67. The van der Waals surface area contributed by atoms with Crippen LogP contribution in [0.15, 0.2) is 12.3 Å². The van der Waals surface area contributed by atoms with Crippen LogP contribution < -0.4 is 5.32 Å². The molecule has 2 rings (SSSR count). The van der Waals surface area contributed by atoms with Crippen LogP contribution in [0.2, 0.25) is 0 Å². The van der Waals surface area contributed by atoms with Crippen LogP contribution in [0.4, 0.5) is 0 Å². The molecule has 3 heteroatoms. The van der Waals surface area contributed by atoms with E-state index in [1.165, 1.54) is 5.69 Å². The standard InChI is InChI=1S/C9H15N3/c1-9(6-10-7-9)5-8-3-4-12(2)11-8/h3-4,10H,5-7H2,1-2H3. The van der Waals surface area contributed by atoms with E-state index in [1.807, 2.05) is 17.9 Å². The molecule has 0 bridgehead atoms. The van der Waals surface area contributed by atoms with Crippen LogP contribution in [0.25, 0.3) is 0 Å². The Morgan fingerprint density at radius 3 is 2.83 bits per heavy atom. The maximum atomic E-state index is 4.37. The van der Waals surface area contributed by atoms with Gasteiger partial charge in [-0.25, -0.2) is 0 Å². The van der Waals surface area contributed by atoms with Gasteiger partial charge in [-0.05, 0) is 17.9 Å². The van der Waals surface area contributed by atoms with Crippen molar-refractivity contribution in [1.82, 2.24) is 15.1 Å². The molecule has 1 aromatic rings. The normalized spacial score (nSPS) is 20.5. The Hall–Kier alpha value is -0.830. The number of nitrogens with one attached hydrogen (secondary N) is 1. The minimum Gasteiger partial charge on any atom is -0.316 e. The number of hydrogen-bond acceptors (Lipinski definition) is 2. The molecule has 1 aromatic heterocycles. The second kappa shape index (κ2) is 2.59. The zero-order valence-corrected chi connectivity index (χ0v) is 7.67. The topological polar surface area (TPSA) is 29.9 Å². The van der Waals surface area contributed by atoms with E-state index in [9.17, 15) is 0 Å². The first-order valence-corrected chi connectivity index (χ1v) is 4.37. The average Bonchev–Trinajstić information content (AvgIpc) is 2.32. The first-order valence-electron chi connectivity index (χ1n) is 4.37. The minimum absolute atomic E-state index is 0.453. The van der Waals surface area contributed by atoms with Gasteiger partial charge in [0.15, 0.2) is 0 Å². The van der Waals surface area contributed by atoms with Crippen molar-refractivity contribution in [2.24, 2.45) is 12.5 Å². The van der Waals surface area contributed by atoms with Gasteiger partial charge in [0.25, 0.3) is 0 Å². The summed E-state index contributed by atoms with van der Waals surface area (Å²) in [6.07, 6.45) is 3.10. The highest BCUT2D eigenvalue weighted by atomic mass is 15.2. The Balaban J connectivity index is 2.03. The molecule has 1 aliphatic heterocycles. The third-order valence-electron chi connectivity index (χ3n) is 2.48. The van der Waals surface area contributed by atoms with Crippen molar-refractivity contribution in [3.05, 3.63) is 18.0 Å². The van der Waals surface area contributed by atoms with Gasteiger partial charge < -0.3 is 5.32 Å². The number of rotatable bonds is 2. The molecule has 3 nitrogen and oxygen atoms in total. The van der Waals surface area contributed by atoms with E-state index in [0.29, 0.717) is 5.41 Å². The van der Waals surface area contributed by atoms with E-state index in [1.54, 1.807) is 0 Å². The molecule has 0 spiro atoms. The summed E-state index contributed by atoms with van der Waals surface area (Å²) in [5.41, 5.74) is 1.66. The molecule has 0 amide bonds. The van der Waals surface area contributed by atoms with Crippen molar-refractivity contribution in [1.29, 1.82) is 0 Å². The predicted molar refractivity (Wildman–Crippen MR) is 47.9 cm³/mol. The highest BCUT2D eigenvalue weighted by Gasteiger charge is 2.32. The zero-order chi connectivity index (χ0) is 8.60. The largest absolute Gasteiger partial charge is 0.316 e. The molecule has 0 saturated carbocycles. The summed E-state index contributed by atoms with van der Waals surface area (Å²) in [5, 5.41) is 7.66. The van der Waals surface area contributed by atoms with Gasteiger partial charge in [-0.3, -0.25) is 4.68 Å². The highest BCUT2D eigenvalue weighted by Crippen LogP contribution is 2.25. The van der Waals surface area contributed by atoms with Crippen molar-refractivity contribution in [3.8, 4) is 0 Å². The highest BCUT2D eigenvalue weighted by molar-refractivity contribution is 5.05. The molecular weight excluding hydrogens is 150 g/mol. The monoisotopic (exact) mass is 165 g/mol. The lowest BCUT2D eigenvalue weighted by molar-refractivity contribution is 0.193. The van der Waals surface area contributed by atoms with Gasteiger partial charge in [-0.2, -0.15) is 5.10 Å². The quantitative estimate of drug-likeness (QED) is 0.694. The lowest BCUT2D eigenvalue weighted by atomic mass is 9.80. The average molecular weight is 165 g/mol. The molecule has 2 heterocycles. The molecule has 1 aliphatic rings. The molecule has 0 radical (unpaired) electrons. The summed E-state index contributed by atoms with van der Waals surface area (Å²) < 4.78 is 1.87. The van der Waals surface area contributed by atoms with Crippen LogP contribution in [-0.2, 0) is 13.5 Å². The van der Waals surface area contributed by atoms with Gasteiger partial charge >= 0.3 is 0 Å². The number of aromatic nitrogens is 2. The predicted octanol–water partition coefficient (Wildman–Crippen LogP) is 0.572. The number of nitrogens with zero attached hydrogens (tertiary/aromatic N) is 2. The van der Waals surface area contributed by atoms with Crippen LogP contribution in [0.3, 0.4) is 0 Å². The van der Waals surface area contributed by atoms with Crippen LogP contribution in [-0.4, -0.2) is 22.9 Å². The summed E-state index contributed by atoms with van der Waals surface area (Å²) in [6, 6.07) is 2.10. The molecular formula is C9H15N3. The van der Waals surface area contributed by atoms with Crippen molar-refractivity contribution >= 4 is 0 Å². The summed E-state index contributed by atoms with van der Waals surface area (Å²) in [5.74, 6) is 0. The van der Waals surface area contributed by atoms with Crippen molar-refractivity contribution in [3.63, 3.8) is 0 Å². The molecule has 0 unspecified atom stereocenters. The molecule has 12 heavy (non-hydrogen) atoms. The van der Waals surface area contributed by atoms with Crippen LogP contribution >= 0.6 is 0 Å². The first kappa shape index (κ1) is 7.80. The minimum atomic E-state index is 0.453. The summed E-state index contributed by atoms with van der Waals surface area (Å²) in [6.45, 7) is 4.56. The van der Waals surface area contributed by atoms with Gasteiger partial charge in [0.1, 0.15) is 0 Å². The Morgan fingerprint density at radius 2 is 2.42 bits per heavy atom. The molecule has 1 saturated heterocycles. The number of hydrogen-bond donors (Lipinski definition) is 1. The lowest BCUT2D eigenvalue weighted by Gasteiger charge is -2.38. The van der Waals surface area contributed by atoms with Crippen molar-refractivity contribution in [2.45, 2.75) is 13.3 Å². The van der Waals surface area contributed by atoms with Crippen LogP contribution in [0.5, 0.6) is 0 Å². The zero-order valence-electron chi connectivity index (χ0n) is 7.67. The van der Waals surface area contributed by atoms with E-state index in [0.717, 1.165) is 19.5 Å². The Kier molecular flexibility index (Phi) is 1.68. The van der Waals surface area contributed by atoms with Gasteiger partial charge in [0, 0.05) is 26.3 Å². The van der Waals surface area contributed by atoms with E-state index in [-0.39, 0.29) is 0 Å². The maximum Gasteiger partial charge on any atom is 0.0630 e. The molecule has 0 aromatic carbocycles. The van der Waals surface area contributed by atoms with E-state index >= 15 is 0 Å². The van der Waals surface area contributed by atoms with Crippen LogP contribution in [0, 0.1) is 5.41 Å². The third kappa shape index (κ3) is 1.37. The smallest absolute Gasteiger partial charge is 0.0630 e. The first-order chi connectivity index (χ1) is 5.68. The van der Waals surface area contributed by atoms with Gasteiger partial charge in [-0.15, -0.1) is 0 Å². The summed E-state index contributed by atoms with van der Waals surface area (Å²) in [4.78, 5) is 0. The second-order valence-corrected chi connectivity index (χ2v) is 4.07. The Morgan fingerprint density at radius 1 is 1.67 bits per heavy atom. The van der Waals surface area contributed by atoms with Crippen LogP contribution in [0.1, 0.15) is 12.6 Å².